The first-order valence-corrected chi connectivity index (χ1v) is 12.2. The summed E-state index contributed by atoms with van der Waals surface area (Å²) in [6.07, 6.45) is -6.52. The summed E-state index contributed by atoms with van der Waals surface area (Å²) in [4.78, 5) is 3.78. The van der Waals surface area contributed by atoms with Crippen molar-refractivity contribution in [1.82, 2.24) is 0 Å². The number of para-hydroxylation sites is 1. The highest BCUT2D eigenvalue weighted by Crippen LogP contribution is 2.48. The molecule has 1 unspecified atom stereocenters. The molecule has 2 atom stereocenters. The minimum atomic E-state index is -4.69. The fraction of sp³-hybridized carbons (Fsp3) is 0.379. The van der Waals surface area contributed by atoms with Gasteiger partial charge in [-0.25, -0.2) is 0 Å². The molecule has 2 aliphatic rings. The molecule has 2 N–H and O–H groups in total. The summed E-state index contributed by atoms with van der Waals surface area (Å²) in [6.45, 7) is 4.69. The van der Waals surface area contributed by atoms with E-state index < -0.39 is 29.8 Å². The summed E-state index contributed by atoms with van der Waals surface area (Å²) in [5, 5.41) is 20.2. The van der Waals surface area contributed by atoms with Gasteiger partial charge in [0.15, 0.2) is 6.10 Å². The molecule has 0 amide bonds. The lowest BCUT2D eigenvalue weighted by molar-refractivity contribution is -0.200. The lowest BCUT2D eigenvalue weighted by Gasteiger charge is -2.46. The van der Waals surface area contributed by atoms with Gasteiger partial charge in [0.05, 0.1) is 12.1 Å². The highest BCUT2D eigenvalue weighted by molar-refractivity contribution is 5.68. The largest absolute Gasteiger partial charge is 0.416 e. The van der Waals surface area contributed by atoms with Gasteiger partial charge < -0.3 is 20.0 Å². The van der Waals surface area contributed by atoms with E-state index in [0.717, 1.165) is 27.9 Å². The molecular formula is C29H31F3N2O2. The van der Waals surface area contributed by atoms with Gasteiger partial charge in [0.2, 0.25) is 0 Å². The third-order valence-corrected chi connectivity index (χ3v) is 7.41. The van der Waals surface area contributed by atoms with Crippen molar-refractivity contribution in [2.75, 3.05) is 36.0 Å². The minimum Gasteiger partial charge on any atom is -0.386 e. The molecule has 0 aromatic heterocycles. The monoisotopic (exact) mass is 496 g/mol. The minimum absolute atomic E-state index is 0.314. The molecule has 36 heavy (non-hydrogen) atoms. The zero-order valence-corrected chi connectivity index (χ0v) is 20.5. The number of fused-ring (bicyclic) bond motifs is 1. The topological polar surface area (TPSA) is 46.9 Å². The van der Waals surface area contributed by atoms with E-state index in [4.69, 9.17) is 0 Å². The van der Waals surface area contributed by atoms with Gasteiger partial charge in [0, 0.05) is 36.4 Å². The van der Waals surface area contributed by atoms with Crippen LogP contribution in [0.2, 0.25) is 0 Å². The van der Waals surface area contributed by atoms with Crippen LogP contribution in [0.25, 0.3) is 0 Å². The third kappa shape index (κ3) is 4.58. The molecule has 4 nitrogen and oxygen atoms in total. The maximum Gasteiger partial charge on any atom is 0.416 e. The Hall–Kier alpha value is -3.03. The Bertz CT molecular complexity index is 1250. The van der Waals surface area contributed by atoms with E-state index in [1.807, 2.05) is 68.4 Å². The second-order valence-electron chi connectivity index (χ2n) is 10.6. The van der Waals surface area contributed by atoms with Crippen molar-refractivity contribution in [2.24, 2.45) is 0 Å². The molecule has 3 aromatic rings. The van der Waals surface area contributed by atoms with Crippen LogP contribution in [0.1, 0.15) is 29.2 Å². The zero-order chi connectivity index (χ0) is 25.7. The average molecular weight is 497 g/mol. The molecule has 0 bridgehead atoms. The van der Waals surface area contributed by atoms with Crippen LogP contribution in [-0.2, 0) is 11.8 Å². The third-order valence-electron chi connectivity index (χ3n) is 7.41. The lowest BCUT2D eigenvalue weighted by atomic mass is 9.71. The van der Waals surface area contributed by atoms with Gasteiger partial charge in [-0.3, -0.25) is 0 Å². The quantitative estimate of drug-likeness (QED) is 0.513. The Morgan fingerprint density at radius 2 is 1.67 bits per heavy atom. The number of aliphatic hydroxyl groups excluding tert-OH is 1. The standard InChI is InChI=1S/C29H31F3N2O2/c1-20-7-5-8-21(13-20)15-28(22-9-6-10-23(14-22)34-17-27(2,36)18-34)19-33(16-26(35)29(30,31)32)25-12-4-3-11-24(25)28/h3-14,26,35-36H,15-19H2,1-2H3/t26-,28?/m1/s1. The van der Waals surface area contributed by atoms with E-state index in [2.05, 4.69) is 23.1 Å². The fourth-order valence-corrected chi connectivity index (χ4v) is 5.75. The van der Waals surface area contributed by atoms with Crippen LogP contribution in [0.5, 0.6) is 0 Å². The van der Waals surface area contributed by atoms with Crippen molar-refractivity contribution in [1.29, 1.82) is 0 Å². The predicted molar refractivity (Wildman–Crippen MR) is 136 cm³/mol. The van der Waals surface area contributed by atoms with E-state index in [1.54, 1.807) is 4.90 Å². The average Bonchev–Trinajstić information content (AvgIpc) is 3.11. The number of hydrogen-bond acceptors (Lipinski definition) is 4. The molecule has 0 aliphatic carbocycles. The summed E-state index contributed by atoms with van der Waals surface area (Å²) in [5.74, 6) is 0. The number of β-amino-alcohol motifs (C(OH)–C–C–N with tert-alkyl or cyclic N) is 2. The van der Waals surface area contributed by atoms with E-state index >= 15 is 0 Å². The number of rotatable bonds is 6. The Labute approximate surface area is 209 Å². The van der Waals surface area contributed by atoms with Crippen molar-refractivity contribution in [3.8, 4) is 0 Å². The van der Waals surface area contributed by atoms with Crippen LogP contribution in [-0.4, -0.2) is 54.3 Å². The van der Waals surface area contributed by atoms with E-state index in [0.29, 0.717) is 31.7 Å². The van der Waals surface area contributed by atoms with Crippen molar-refractivity contribution in [3.05, 3.63) is 95.1 Å². The van der Waals surface area contributed by atoms with Crippen LogP contribution in [0, 0.1) is 6.92 Å². The van der Waals surface area contributed by atoms with E-state index in [9.17, 15) is 23.4 Å². The van der Waals surface area contributed by atoms with Crippen molar-refractivity contribution in [3.63, 3.8) is 0 Å². The normalized spacial score (nSPS) is 21.8. The fourth-order valence-electron chi connectivity index (χ4n) is 5.75. The first kappa shape index (κ1) is 24.7. The molecule has 2 heterocycles. The van der Waals surface area contributed by atoms with Gasteiger partial charge in [-0.15, -0.1) is 0 Å². The first-order valence-electron chi connectivity index (χ1n) is 12.2. The smallest absolute Gasteiger partial charge is 0.386 e. The highest BCUT2D eigenvalue weighted by atomic mass is 19.4. The number of aliphatic hydroxyl groups is 2. The summed E-state index contributed by atoms with van der Waals surface area (Å²) >= 11 is 0. The number of hydrogen-bond donors (Lipinski definition) is 2. The number of anilines is 2. The van der Waals surface area contributed by atoms with E-state index in [-0.39, 0.29) is 0 Å². The van der Waals surface area contributed by atoms with Crippen LogP contribution in [0.15, 0.2) is 72.8 Å². The lowest BCUT2D eigenvalue weighted by Crippen LogP contribution is -2.60. The number of benzene rings is 3. The van der Waals surface area contributed by atoms with Gasteiger partial charge in [-0.1, -0.05) is 60.2 Å². The van der Waals surface area contributed by atoms with Crippen LogP contribution in [0.3, 0.4) is 0 Å². The number of nitrogens with zero attached hydrogens (tertiary/aromatic N) is 2. The molecule has 1 fully saturated rings. The molecule has 0 saturated carbocycles. The van der Waals surface area contributed by atoms with Gasteiger partial charge in [-0.2, -0.15) is 13.2 Å². The van der Waals surface area contributed by atoms with Crippen LogP contribution in [0.4, 0.5) is 24.5 Å². The van der Waals surface area contributed by atoms with Crippen LogP contribution < -0.4 is 9.80 Å². The SMILES string of the molecule is Cc1cccc(CC2(c3cccc(N4CC(C)(O)C4)c3)CN(C[C@@H](O)C(F)(F)F)c3ccccc32)c1. The number of alkyl halides is 3. The molecule has 190 valence electrons. The van der Waals surface area contributed by atoms with Gasteiger partial charge in [-0.05, 0) is 55.2 Å². The van der Waals surface area contributed by atoms with E-state index in [1.165, 1.54) is 0 Å². The Morgan fingerprint density at radius 3 is 2.36 bits per heavy atom. The van der Waals surface area contributed by atoms with Crippen molar-refractivity contribution >= 4 is 11.4 Å². The Morgan fingerprint density at radius 1 is 0.944 bits per heavy atom. The van der Waals surface area contributed by atoms with Gasteiger partial charge >= 0.3 is 6.18 Å². The van der Waals surface area contributed by atoms with Crippen molar-refractivity contribution < 1.29 is 23.4 Å². The van der Waals surface area contributed by atoms with Crippen LogP contribution >= 0.6 is 0 Å². The maximum atomic E-state index is 13.3. The van der Waals surface area contributed by atoms with Gasteiger partial charge in [0.1, 0.15) is 0 Å². The summed E-state index contributed by atoms with van der Waals surface area (Å²) in [5.41, 5.74) is 4.53. The molecule has 2 aliphatic heterocycles. The predicted octanol–water partition coefficient (Wildman–Crippen LogP) is 4.84. The van der Waals surface area contributed by atoms with Gasteiger partial charge in [0.25, 0.3) is 0 Å². The number of aryl methyl sites for hydroxylation is 1. The molecular weight excluding hydrogens is 465 g/mol. The second kappa shape index (κ2) is 8.82. The first-order chi connectivity index (χ1) is 17.0. The summed E-state index contributed by atoms with van der Waals surface area (Å²) in [7, 11) is 0. The Kier molecular flexibility index (Phi) is 6.04. The zero-order valence-electron chi connectivity index (χ0n) is 20.5. The molecule has 1 saturated heterocycles. The highest BCUT2D eigenvalue weighted by Gasteiger charge is 2.47. The summed E-state index contributed by atoms with van der Waals surface area (Å²) in [6, 6.07) is 23.9. The number of halogens is 3. The molecule has 3 aromatic carbocycles. The second-order valence-corrected chi connectivity index (χ2v) is 10.6. The molecule has 5 rings (SSSR count). The molecule has 0 radical (unpaired) electrons. The summed E-state index contributed by atoms with van der Waals surface area (Å²) < 4.78 is 40.0. The molecule has 0 spiro atoms. The molecule has 7 heteroatoms. The van der Waals surface area contributed by atoms with Crippen molar-refractivity contribution in [2.45, 2.75) is 43.6 Å². The maximum absolute atomic E-state index is 13.3. The Balaban J connectivity index is 1.60.